The average molecular weight is 307 g/mol. The highest BCUT2D eigenvalue weighted by Crippen LogP contribution is 2.38. The maximum absolute atomic E-state index is 13.3. The van der Waals surface area contributed by atoms with Crippen LogP contribution in [-0.4, -0.2) is 28.1 Å². The maximum Gasteiger partial charge on any atom is 0.240 e. The second-order valence-electron chi connectivity index (χ2n) is 5.10. The topological polar surface area (TPSA) is 49.3 Å². The molecule has 0 bridgehead atoms. The summed E-state index contributed by atoms with van der Waals surface area (Å²) in [5.74, 6) is 6.05. The molecule has 21 heavy (non-hydrogen) atoms. The van der Waals surface area contributed by atoms with E-state index in [-0.39, 0.29) is 12.5 Å². The monoisotopic (exact) mass is 307 g/mol. The zero-order valence-corrected chi connectivity index (χ0v) is 12.7. The molecule has 0 aromatic heterocycles. The molecule has 1 fully saturated rings. The second-order valence-corrected chi connectivity index (χ2v) is 6.70. The number of hydrogen-bond acceptors (Lipinski definition) is 3. The number of thioether (sulfide) groups is 1. The molecule has 0 aliphatic carbocycles. The summed E-state index contributed by atoms with van der Waals surface area (Å²) in [6.45, 7) is 1.89. The fraction of sp³-hybridized carbons (Fsp3) is 0.438. The van der Waals surface area contributed by atoms with Crippen molar-refractivity contribution in [2.75, 3.05) is 17.7 Å². The van der Waals surface area contributed by atoms with Crippen molar-refractivity contribution in [2.24, 2.45) is 0 Å². The first-order valence-corrected chi connectivity index (χ1v) is 7.88. The number of nitrogens with one attached hydrogen (secondary N) is 1. The Labute approximate surface area is 128 Å². The SMILES string of the molecule is CC1(C(=O)Nc2ccc(F)cc2C#CCCO)CCCS1. The lowest BCUT2D eigenvalue weighted by atomic mass is 10.0. The first-order valence-electron chi connectivity index (χ1n) is 6.90. The van der Waals surface area contributed by atoms with Crippen molar-refractivity contribution < 1.29 is 14.3 Å². The van der Waals surface area contributed by atoms with Gasteiger partial charge in [0.1, 0.15) is 5.82 Å². The number of aliphatic hydroxyl groups is 1. The molecule has 1 aliphatic rings. The molecule has 0 spiro atoms. The van der Waals surface area contributed by atoms with Gasteiger partial charge in [-0.05, 0) is 43.7 Å². The van der Waals surface area contributed by atoms with Crippen LogP contribution in [0.1, 0.15) is 31.7 Å². The van der Waals surface area contributed by atoms with Crippen LogP contribution in [0.15, 0.2) is 18.2 Å². The van der Waals surface area contributed by atoms with Crippen molar-refractivity contribution in [3.63, 3.8) is 0 Å². The predicted octanol–water partition coefficient (Wildman–Crippen LogP) is 2.78. The third-order valence-corrected chi connectivity index (χ3v) is 4.91. The highest BCUT2D eigenvalue weighted by Gasteiger charge is 2.37. The molecule has 2 N–H and O–H groups in total. The van der Waals surface area contributed by atoms with E-state index in [0.717, 1.165) is 18.6 Å². The van der Waals surface area contributed by atoms with Gasteiger partial charge in [-0.2, -0.15) is 0 Å². The lowest BCUT2D eigenvalue weighted by Crippen LogP contribution is -2.34. The number of carbonyl (C=O) groups excluding carboxylic acids is 1. The number of carbonyl (C=O) groups is 1. The summed E-state index contributed by atoms with van der Waals surface area (Å²) >= 11 is 1.65. The van der Waals surface area contributed by atoms with Gasteiger partial charge in [0.2, 0.25) is 5.91 Å². The third kappa shape index (κ3) is 3.99. The first-order chi connectivity index (χ1) is 10.0. The zero-order chi connectivity index (χ0) is 15.3. The van der Waals surface area contributed by atoms with E-state index in [9.17, 15) is 9.18 Å². The van der Waals surface area contributed by atoms with Crippen LogP contribution < -0.4 is 5.32 Å². The Morgan fingerprint density at radius 1 is 1.57 bits per heavy atom. The molecule has 0 saturated carbocycles. The molecule has 112 valence electrons. The largest absolute Gasteiger partial charge is 0.395 e. The summed E-state index contributed by atoms with van der Waals surface area (Å²) in [4.78, 5) is 12.4. The van der Waals surface area contributed by atoms with Crippen LogP contribution in [0.4, 0.5) is 10.1 Å². The standard InChI is InChI=1S/C16H18FNO2S/c1-16(8-4-10-21-16)15(20)18-14-7-6-13(17)11-12(14)5-2-3-9-19/h6-7,11,19H,3-4,8-10H2,1H3,(H,18,20). The van der Waals surface area contributed by atoms with Gasteiger partial charge in [-0.15, -0.1) is 11.8 Å². The average Bonchev–Trinajstić information content (AvgIpc) is 2.90. The molecule has 1 saturated heterocycles. The predicted molar refractivity (Wildman–Crippen MR) is 83.7 cm³/mol. The van der Waals surface area contributed by atoms with E-state index in [2.05, 4.69) is 17.2 Å². The van der Waals surface area contributed by atoms with Crippen LogP contribution in [0.3, 0.4) is 0 Å². The van der Waals surface area contributed by atoms with Crippen molar-refractivity contribution in [3.8, 4) is 11.8 Å². The van der Waals surface area contributed by atoms with E-state index in [4.69, 9.17) is 5.11 Å². The van der Waals surface area contributed by atoms with Gasteiger partial charge in [0, 0.05) is 6.42 Å². The van der Waals surface area contributed by atoms with E-state index in [1.54, 1.807) is 11.8 Å². The lowest BCUT2D eigenvalue weighted by Gasteiger charge is -2.21. The van der Waals surface area contributed by atoms with E-state index in [1.807, 2.05) is 6.92 Å². The Balaban J connectivity index is 2.19. The molecule has 1 atom stereocenters. The minimum absolute atomic E-state index is 0.0429. The second kappa shape index (κ2) is 6.97. The van der Waals surface area contributed by atoms with Gasteiger partial charge in [-0.3, -0.25) is 4.79 Å². The molecule has 3 nitrogen and oxygen atoms in total. The smallest absolute Gasteiger partial charge is 0.240 e. The normalized spacial score (nSPS) is 20.7. The minimum atomic E-state index is -0.426. The Hall–Kier alpha value is -1.51. The molecular weight excluding hydrogens is 289 g/mol. The van der Waals surface area contributed by atoms with Crippen LogP contribution in [0, 0.1) is 17.7 Å². The van der Waals surface area contributed by atoms with Crippen molar-refractivity contribution in [2.45, 2.75) is 30.9 Å². The molecule has 1 unspecified atom stereocenters. The molecule has 1 heterocycles. The van der Waals surface area contributed by atoms with E-state index in [1.165, 1.54) is 18.2 Å². The van der Waals surface area contributed by atoms with Gasteiger partial charge in [-0.25, -0.2) is 4.39 Å². The van der Waals surface area contributed by atoms with Gasteiger partial charge in [0.25, 0.3) is 0 Å². The highest BCUT2D eigenvalue weighted by molar-refractivity contribution is 8.01. The number of hydrogen-bond donors (Lipinski definition) is 2. The van der Waals surface area contributed by atoms with Crippen molar-refractivity contribution in [1.82, 2.24) is 0 Å². The number of aliphatic hydroxyl groups excluding tert-OH is 1. The molecule has 0 radical (unpaired) electrons. The van der Waals surface area contributed by atoms with Gasteiger partial charge < -0.3 is 10.4 Å². The summed E-state index contributed by atoms with van der Waals surface area (Å²) < 4.78 is 12.9. The Kier molecular flexibility index (Phi) is 5.27. The number of benzene rings is 1. The molecular formula is C16H18FNO2S. The van der Waals surface area contributed by atoms with E-state index < -0.39 is 10.6 Å². The number of amides is 1. The molecule has 1 amide bonds. The van der Waals surface area contributed by atoms with Crippen LogP contribution in [0.5, 0.6) is 0 Å². The van der Waals surface area contributed by atoms with E-state index in [0.29, 0.717) is 17.7 Å². The Bertz CT molecular complexity index is 586. The molecule has 1 aromatic carbocycles. The van der Waals surface area contributed by atoms with E-state index >= 15 is 0 Å². The minimum Gasteiger partial charge on any atom is -0.395 e. The Morgan fingerprint density at radius 3 is 3.05 bits per heavy atom. The van der Waals surface area contributed by atoms with Crippen molar-refractivity contribution in [3.05, 3.63) is 29.6 Å². The summed E-state index contributed by atoms with van der Waals surface area (Å²) in [6, 6.07) is 4.13. The van der Waals surface area contributed by atoms with Crippen molar-refractivity contribution in [1.29, 1.82) is 0 Å². The quantitative estimate of drug-likeness (QED) is 0.844. The molecule has 5 heteroatoms. The summed E-state index contributed by atoms with van der Waals surface area (Å²) in [7, 11) is 0. The summed E-state index contributed by atoms with van der Waals surface area (Å²) in [6.07, 6.45) is 2.19. The van der Waals surface area contributed by atoms with Crippen LogP contribution in [0.2, 0.25) is 0 Å². The van der Waals surface area contributed by atoms with Gasteiger partial charge in [-0.1, -0.05) is 11.8 Å². The molecule has 1 aliphatic heterocycles. The first kappa shape index (κ1) is 15.9. The molecule has 1 aromatic rings. The van der Waals surface area contributed by atoms with Crippen LogP contribution >= 0.6 is 11.8 Å². The zero-order valence-electron chi connectivity index (χ0n) is 11.9. The van der Waals surface area contributed by atoms with Crippen molar-refractivity contribution >= 4 is 23.4 Å². The fourth-order valence-electron chi connectivity index (χ4n) is 2.16. The Morgan fingerprint density at radius 2 is 2.38 bits per heavy atom. The van der Waals surface area contributed by atoms with Crippen LogP contribution in [0.25, 0.3) is 0 Å². The lowest BCUT2D eigenvalue weighted by molar-refractivity contribution is -0.118. The van der Waals surface area contributed by atoms with Gasteiger partial charge >= 0.3 is 0 Å². The number of rotatable bonds is 3. The highest BCUT2D eigenvalue weighted by atomic mass is 32.2. The number of anilines is 1. The van der Waals surface area contributed by atoms with Crippen LogP contribution in [-0.2, 0) is 4.79 Å². The molecule has 2 rings (SSSR count). The third-order valence-electron chi connectivity index (χ3n) is 3.39. The number of halogens is 1. The summed E-state index contributed by atoms with van der Waals surface area (Å²) in [5, 5.41) is 11.6. The van der Waals surface area contributed by atoms with Gasteiger partial charge in [0.15, 0.2) is 0 Å². The maximum atomic E-state index is 13.3. The summed E-state index contributed by atoms with van der Waals surface area (Å²) in [5.41, 5.74) is 0.948. The van der Waals surface area contributed by atoms with Gasteiger partial charge in [0.05, 0.1) is 22.6 Å². The fourth-order valence-corrected chi connectivity index (χ4v) is 3.37.